The number of halogens is 3. The Kier molecular flexibility index (Phi) is 7.88. The fourth-order valence-corrected chi connectivity index (χ4v) is 12.0. The summed E-state index contributed by atoms with van der Waals surface area (Å²) in [6, 6.07) is 41.9. The molecule has 0 amide bonds. The predicted molar refractivity (Wildman–Crippen MR) is 238 cm³/mol. The number of benzene rings is 7. The summed E-state index contributed by atoms with van der Waals surface area (Å²) in [6.07, 6.45) is 3.70. The molecule has 0 radical (unpaired) electrons. The fourth-order valence-electron chi connectivity index (χ4n) is 12.0. The topological polar surface area (TPSA) is 41.9 Å². The van der Waals surface area contributed by atoms with E-state index in [-0.39, 0.29) is 5.92 Å². The molecule has 308 valence electrons. The van der Waals surface area contributed by atoms with Crippen LogP contribution in [0.5, 0.6) is 23.0 Å². The van der Waals surface area contributed by atoms with E-state index in [4.69, 9.17) is 18.9 Å². The zero-order valence-corrected chi connectivity index (χ0v) is 34.5. The van der Waals surface area contributed by atoms with Crippen molar-refractivity contribution < 1.29 is 32.1 Å². The molecular weight excluding hydrogens is 784 g/mol. The van der Waals surface area contributed by atoms with E-state index in [9.17, 15) is 13.2 Å². The lowest BCUT2D eigenvalue weighted by Crippen LogP contribution is -2.36. The summed E-state index contributed by atoms with van der Waals surface area (Å²) in [4.78, 5) is 0. The molecular formula is C54H42F3NO4. The summed E-state index contributed by atoms with van der Waals surface area (Å²) in [7, 11) is 4.88. The Morgan fingerprint density at radius 1 is 0.677 bits per heavy atom. The number of rotatable bonds is 6. The molecule has 1 spiro atoms. The van der Waals surface area contributed by atoms with E-state index in [1.807, 2.05) is 36.4 Å². The first-order valence-corrected chi connectivity index (χ1v) is 21.3. The molecule has 2 fully saturated rings. The maximum absolute atomic E-state index is 14.6. The van der Waals surface area contributed by atoms with Gasteiger partial charge in [0.2, 0.25) is 0 Å². The van der Waals surface area contributed by atoms with E-state index in [0.717, 1.165) is 97.9 Å². The molecule has 12 rings (SSSR count). The standard InChI is InChI=1S/C54H42F3NO4/c1-59-37-21-16-33(17-22-37)53(32-14-19-36(20-15-32)58-45-10-6-4-8-38(45)39-9-5-7-11-46(39)58)25-24-41-50-49(42-28-47(60-2)48(61-3)29-43(42)51(41)62-53)40-23-18-35(54(55,56)57)27-44(40)52(50)30-31-12-13-34(52)26-31/h4-11,14-25,27-29,31,34H,12-13,26,30H2,1-3H3. The van der Waals surface area contributed by atoms with Crippen molar-refractivity contribution in [1.82, 2.24) is 4.57 Å². The highest BCUT2D eigenvalue weighted by Crippen LogP contribution is 2.69. The minimum Gasteiger partial charge on any atom is -0.497 e. The van der Waals surface area contributed by atoms with Crippen LogP contribution in [0.1, 0.15) is 59.1 Å². The van der Waals surface area contributed by atoms with Crippen molar-refractivity contribution in [2.24, 2.45) is 11.8 Å². The molecule has 4 aliphatic rings. The van der Waals surface area contributed by atoms with Crippen LogP contribution in [0, 0.1) is 11.8 Å². The van der Waals surface area contributed by atoms with Crippen LogP contribution in [0.3, 0.4) is 0 Å². The molecule has 2 bridgehead atoms. The summed E-state index contributed by atoms with van der Waals surface area (Å²) in [5, 5.41) is 4.03. The number of aromatic nitrogens is 1. The molecule has 8 aromatic rings. The summed E-state index contributed by atoms with van der Waals surface area (Å²) in [5.74, 6) is 3.09. The van der Waals surface area contributed by atoms with Crippen molar-refractivity contribution in [3.8, 4) is 39.8 Å². The maximum atomic E-state index is 14.6. The number of hydrogen-bond donors (Lipinski definition) is 0. The fraction of sp³-hybridized carbons (Fsp3) is 0.222. The molecule has 4 unspecified atom stereocenters. The second-order valence-corrected chi connectivity index (χ2v) is 17.4. The van der Waals surface area contributed by atoms with Crippen LogP contribution in [0.25, 0.3) is 55.5 Å². The Labute approximate surface area is 356 Å². The van der Waals surface area contributed by atoms with Crippen molar-refractivity contribution in [3.05, 3.63) is 167 Å². The molecule has 0 N–H and O–H groups in total. The van der Waals surface area contributed by atoms with Crippen LogP contribution in [0.4, 0.5) is 13.2 Å². The van der Waals surface area contributed by atoms with Gasteiger partial charge in [-0.1, -0.05) is 79.2 Å². The van der Waals surface area contributed by atoms with Gasteiger partial charge in [-0.05, 0) is 125 Å². The van der Waals surface area contributed by atoms with Gasteiger partial charge in [0.25, 0.3) is 0 Å². The van der Waals surface area contributed by atoms with E-state index < -0.39 is 22.8 Å². The average molecular weight is 826 g/mol. The molecule has 5 nitrogen and oxygen atoms in total. The number of methoxy groups -OCH3 is 3. The van der Waals surface area contributed by atoms with Gasteiger partial charge in [0.15, 0.2) is 17.1 Å². The third-order valence-corrected chi connectivity index (χ3v) is 14.6. The first kappa shape index (κ1) is 37.1. The monoisotopic (exact) mass is 825 g/mol. The van der Waals surface area contributed by atoms with E-state index in [1.165, 1.54) is 22.9 Å². The van der Waals surface area contributed by atoms with E-state index in [2.05, 4.69) is 89.5 Å². The van der Waals surface area contributed by atoms with Crippen molar-refractivity contribution >= 4 is 38.7 Å². The van der Waals surface area contributed by atoms with Crippen LogP contribution in [0.15, 0.2) is 133 Å². The number of fused-ring (bicyclic) bond motifs is 16. The molecule has 62 heavy (non-hydrogen) atoms. The highest BCUT2D eigenvalue weighted by Gasteiger charge is 2.59. The SMILES string of the molecule is COc1ccc(C2(c3ccc(-n4c5ccccc5c5ccccc54)cc3)C=Cc3c4c(c5cc(OC)c(OC)cc5c3O2)-c2ccc(C(F)(F)F)cc2C42CC3CCC2C3)cc1. The molecule has 4 atom stereocenters. The van der Waals surface area contributed by atoms with Gasteiger partial charge in [-0.15, -0.1) is 0 Å². The lowest BCUT2D eigenvalue weighted by Gasteiger charge is -2.41. The van der Waals surface area contributed by atoms with Gasteiger partial charge in [-0.2, -0.15) is 13.2 Å². The van der Waals surface area contributed by atoms with Crippen molar-refractivity contribution in [3.63, 3.8) is 0 Å². The maximum Gasteiger partial charge on any atom is 0.416 e. The molecule has 3 aliphatic carbocycles. The average Bonchev–Trinajstić information content (AvgIpc) is 4.08. The Hall–Kier alpha value is -6.67. The zero-order valence-electron chi connectivity index (χ0n) is 34.5. The number of para-hydroxylation sites is 2. The third-order valence-electron chi connectivity index (χ3n) is 14.6. The van der Waals surface area contributed by atoms with Gasteiger partial charge in [0.05, 0.1) is 37.9 Å². The molecule has 1 aromatic heterocycles. The van der Waals surface area contributed by atoms with Gasteiger partial charge in [0.1, 0.15) is 11.5 Å². The number of alkyl halides is 3. The molecule has 0 saturated heterocycles. The van der Waals surface area contributed by atoms with Gasteiger partial charge in [-0.25, -0.2) is 0 Å². The van der Waals surface area contributed by atoms with Crippen LogP contribution < -0.4 is 18.9 Å². The van der Waals surface area contributed by atoms with Gasteiger partial charge >= 0.3 is 6.18 Å². The van der Waals surface area contributed by atoms with Crippen molar-refractivity contribution in [1.29, 1.82) is 0 Å². The normalized spacial score (nSPS) is 22.0. The largest absolute Gasteiger partial charge is 0.497 e. The first-order valence-electron chi connectivity index (χ1n) is 21.3. The summed E-state index contributed by atoms with van der Waals surface area (Å²) in [5.41, 5.74) is 7.30. The molecule has 7 aromatic carbocycles. The number of nitrogens with zero attached hydrogens (tertiary/aromatic N) is 1. The van der Waals surface area contributed by atoms with E-state index >= 15 is 0 Å². The van der Waals surface area contributed by atoms with Crippen LogP contribution >= 0.6 is 0 Å². The summed E-state index contributed by atoms with van der Waals surface area (Å²) in [6.45, 7) is 0. The van der Waals surface area contributed by atoms with E-state index in [1.54, 1.807) is 27.4 Å². The Morgan fingerprint density at radius 3 is 1.92 bits per heavy atom. The molecule has 1 aliphatic heterocycles. The molecule has 2 heterocycles. The summed E-state index contributed by atoms with van der Waals surface area (Å²) >= 11 is 0. The molecule has 8 heteroatoms. The highest BCUT2D eigenvalue weighted by molar-refractivity contribution is 6.11. The van der Waals surface area contributed by atoms with Gasteiger partial charge < -0.3 is 23.5 Å². The number of hydrogen-bond acceptors (Lipinski definition) is 4. The van der Waals surface area contributed by atoms with E-state index in [0.29, 0.717) is 23.2 Å². The third kappa shape index (κ3) is 4.98. The smallest absolute Gasteiger partial charge is 0.416 e. The quantitative estimate of drug-likeness (QED) is 0.167. The van der Waals surface area contributed by atoms with Gasteiger partial charge in [-0.3, -0.25) is 0 Å². The predicted octanol–water partition coefficient (Wildman–Crippen LogP) is 13.4. The van der Waals surface area contributed by atoms with Crippen LogP contribution in [-0.2, 0) is 17.2 Å². The second-order valence-electron chi connectivity index (χ2n) is 17.4. The minimum absolute atomic E-state index is 0.202. The number of ether oxygens (including phenoxy) is 4. The highest BCUT2D eigenvalue weighted by atomic mass is 19.4. The van der Waals surface area contributed by atoms with Crippen LogP contribution in [-0.4, -0.2) is 25.9 Å². The second kappa shape index (κ2) is 13.2. The van der Waals surface area contributed by atoms with Gasteiger partial charge in [0, 0.05) is 44.0 Å². The van der Waals surface area contributed by atoms with Crippen molar-refractivity contribution in [2.45, 2.75) is 42.9 Å². The Balaban J connectivity index is 1.12. The Morgan fingerprint density at radius 2 is 1.32 bits per heavy atom. The summed E-state index contributed by atoms with van der Waals surface area (Å²) < 4.78 is 71.2. The minimum atomic E-state index is -4.47. The lowest BCUT2D eigenvalue weighted by molar-refractivity contribution is -0.137. The Bertz CT molecular complexity index is 3130. The zero-order chi connectivity index (χ0) is 42.1. The molecule has 2 saturated carbocycles. The first-order chi connectivity index (χ1) is 30.2. The van der Waals surface area contributed by atoms with Crippen molar-refractivity contribution in [2.75, 3.05) is 21.3 Å². The lowest BCUT2D eigenvalue weighted by atomic mass is 9.65. The van der Waals surface area contributed by atoms with Crippen LogP contribution in [0.2, 0.25) is 0 Å².